The van der Waals surface area contributed by atoms with Crippen molar-refractivity contribution in [3.05, 3.63) is 22.9 Å². The molecule has 0 radical (unpaired) electrons. The van der Waals surface area contributed by atoms with E-state index in [0.717, 1.165) is 21.3 Å². The van der Waals surface area contributed by atoms with Gasteiger partial charge in [-0.2, -0.15) is 0 Å². The summed E-state index contributed by atoms with van der Waals surface area (Å²) in [5.74, 6) is 1.11. The summed E-state index contributed by atoms with van der Waals surface area (Å²) in [5.41, 5.74) is 1.86. The van der Waals surface area contributed by atoms with Gasteiger partial charge in [-0.3, -0.25) is 4.79 Å². The third kappa shape index (κ3) is 2.40. The number of halogens is 1. The number of hydrogen-bond donors (Lipinski definition) is 1. The van der Waals surface area contributed by atoms with Gasteiger partial charge in [0.05, 0.1) is 11.8 Å². The molecule has 5 nitrogen and oxygen atoms in total. The highest BCUT2D eigenvalue weighted by molar-refractivity contribution is 9.10. The largest absolute Gasteiger partial charge is 0.488 e. The number of carbonyl (C=O) groups excluding carboxylic acids is 1. The van der Waals surface area contributed by atoms with E-state index in [9.17, 15) is 4.79 Å². The average molecular weight is 338 g/mol. The van der Waals surface area contributed by atoms with Crippen molar-refractivity contribution in [2.75, 3.05) is 6.54 Å². The predicted octanol–water partition coefficient (Wildman–Crippen LogP) is 2.24. The summed E-state index contributed by atoms with van der Waals surface area (Å²) in [6.45, 7) is 2.69. The molecular formula is C14H16BrN3O2. The van der Waals surface area contributed by atoms with E-state index in [-0.39, 0.29) is 17.9 Å². The SMILES string of the molecule is C[C@@H](Oc1cc(Br)cc2ncn(C)c12)C1CNC(=O)C1. The van der Waals surface area contributed by atoms with Crippen LogP contribution >= 0.6 is 15.9 Å². The van der Waals surface area contributed by atoms with E-state index in [2.05, 4.69) is 26.2 Å². The van der Waals surface area contributed by atoms with Gasteiger partial charge < -0.3 is 14.6 Å². The number of nitrogens with one attached hydrogen (secondary N) is 1. The minimum Gasteiger partial charge on any atom is -0.488 e. The summed E-state index contributed by atoms with van der Waals surface area (Å²) in [6, 6.07) is 3.91. The van der Waals surface area contributed by atoms with E-state index in [4.69, 9.17) is 4.74 Å². The number of aromatic nitrogens is 2. The first-order valence-corrected chi connectivity index (χ1v) is 7.38. The fraction of sp³-hybridized carbons (Fsp3) is 0.429. The molecule has 3 rings (SSSR count). The summed E-state index contributed by atoms with van der Waals surface area (Å²) in [5, 5.41) is 2.85. The lowest BCUT2D eigenvalue weighted by atomic mass is 10.0. The molecule has 2 aromatic rings. The zero-order valence-corrected chi connectivity index (χ0v) is 13.0. The molecule has 106 valence electrons. The average Bonchev–Trinajstić information content (AvgIpc) is 2.96. The van der Waals surface area contributed by atoms with Crippen molar-refractivity contribution in [1.82, 2.24) is 14.9 Å². The molecule has 1 aliphatic heterocycles. The molecule has 1 aromatic carbocycles. The quantitative estimate of drug-likeness (QED) is 0.934. The normalized spacial score (nSPS) is 20.1. The molecular weight excluding hydrogens is 322 g/mol. The topological polar surface area (TPSA) is 56.1 Å². The molecule has 1 N–H and O–H groups in total. The van der Waals surface area contributed by atoms with Crippen LogP contribution in [0.2, 0.25) is 0 Å². The second kappa shape index (κ2) is 5.09. The number of rotatable bonds is 3. The van der Waals surface area contributed by atoms with Crippen molar-refractivity contribution in [1.29, 1.82) is 0 Å². The van der Waals surface area contributed by atoms with Crippen LogP contribution in [0.1, 0.15) is 13.3 Å². The van der Waals surface area contributed by atoms with Crippen LogP contribution < -0.4 is 10.1 Å². The molecule has 0 bridgehead atoms. The third-order valence-corrected chi connectivity index (χ3v) is 4.19. The van der Waals surface area contributed by atoms with Crippen molar-refractivity contribution in [2.24, 2.45) is 13.0 Å². The van der Waals surface area contributed by atoms with E-state index in [1.807, 2.05) is 30.7 Å². The van der Waals surface area contributed by atoms with Gasteiger partial charge in [0.25, 0.3) is 0 Å². The van der Waals surface area contributed by atoms with Crippen LogP contribution in [0.25, 0.3) is 11.0 Å². The molecule has 1 fully saturated rings. The Morgan fingerprint density at radius 1 is 1.55 bits per heavy atom. The summed E-state index contributed by atoms with van der Waals surface area (Å²) in [7, 11) is 1.95. The van der Waals surface area contributed by atoms with Gasteiger partial charge in [0.15, 0.2) is 0 Å². The third-order valence-electron chi connectivity index (χ3n) is 3.73. The number of fused-ring (bicyclic) bond motifs is 1. The van der Waals surface area contributed by atoms with Crippen molar-refractivity contribution in [3.63, 3.8) is 0 Å². The van der Waals surface area contributed by atoms with Crippen LogP contribution in [0.4, 0.5) is 0 Å². The molecule has 1 aliphatic rings. The van der Waals surface area contributed by atoms with E-state index in [1.54, 1.807) is 6.33 Å². The van der Waals surface area contributed by atoms with Crippen molar-refractivity contribution < 1.29 is 9.53 Å². The number of benzene rings is 1. The van der Waals surface area contributed by atoms with E-state index >= 15 is 0 Å². The monoisotopic (exact) mass is 337 g/mol. The van der Waals surface area contributed by atoms with Gasteiger partial charge in [0.2, 0.25) is 5.91 Å². The van der Waals surface area contributed by atoms with Gasteiger partial charge in [-0.05, 0) is 19.1 Å². The number of imidazole rings is 1. The molecule has 2 heterocycles. The first kappa shape index (κ1) is 13.4. The number of aryl methyl sites for hydroxylation is 1. The summed E-state index contributed by atoms with van der Waals surface area (Å²) in [6.07, 6.45) is 2.28. The first-order chi connectivity index (χ1) is 9.54. The number of ether oxygens (including phenoxy) is 1. The maximum atomic E-state index is 11.3. The molecule has 1 aromatic heterocycles. The number of nitrogens with zero attached hydrogens (tertiary/aromatic N) is 2. The van der Waals surface area contributed by atoms with Gasteiger partial charge in [-0.1, -0.05) is 15.9 Å². The van der Waals surface area contributed by atoms with Crippen LogP contribution in [0.3, 0.4) is 0 Å². The predicted molar refractivity (Wildman–Crippen MR) is 79.6 cm³/mol. The lowest BCUT2D eigenvalue weighted by Gasteiger charge is -2.20. The van der Waals surface area contributed by atoms with Crippen LogP contribution in [-0.4, -0.2) is 28.1 Å². The van der Waals surface area contributed by atoms with Gasteiger partial charge in [-0.15, -0.1) is 0 Å². The number of hydrogen-bond acceptors (Lipinski definition) is 3. The Kier molecular flexibility index (Phi) is 3.41. The molecule has 1 saturated heterocycles. The molecule has 0 aliphatic carbocycles. The molecule has 20 heavy (non-hydrogen) atoms. The van der Waals surface area contributed by atoms with Crippen LogP contribution in [0, 0.1) is 5.92 Å². The lowest BCUT2D eigenvalue weighted by Crippen LogP contribution is -2.25. The highest BCUT2D eigenvalue weighted by Gasteiger charge is 2.28. The number of amides is 1. The lowest BCUT2D eigenvalue weighted by molar-refractivity contribution is -0.119. The summed E-state index contributed by atoms with van der Waals surface area (Å²) in [4.78, 5) is 15.6. The van der Waals surface area contributed by atoms with Gasteiger partial charge >= 0.3 is 0 Å². The number of carbonyl (C=O) groups is 1. The Morgan fingerprint density at radius 3 is 3.05 bits per heavy atom. The fourth-order valence-corrected chi connectivity index (χ4v) is 2.99. The minimum atomic E-state index is -0.0265. The van der Waals surface area contributed by atoms with Crippen molar-refractivity contribution >= 4 is 32.9 Å². The highest BCUT2D eigenvalue weighted by Crippen LogP contribution is 2.31. The second-order valence-corrected chi connectivity index (χ2v) is 6.13. The molecule has 1 unspecified atom stereocenters. The molecule has 0 saturated carbocycles. The first-order valence-electron chi connectivity index (χ1n) is 6.58. The minimum absolute atomic E-state index is 0.0265. The molecule has 0 spiro atoms. The standard InChI is InChI=1S/C14H16BrN3O2/c1-8(9-3-13(19)16-6-9)20-12-5-10(15)4-11-14(12)18(2)7-17-11/h4-5,7-9H,3,6H2,1-2H3,(H,16,19)/t8-,9?/m1/s1. The molecule has 6 heteroatoms. The van der Waals surface area contributed by atoms with Gasteiger partial charge in [0.1, 0.15) is 17.4 Å². The summed E-state index contributed by atoms with van der Waals surface area (Å²) >= 11 is 3.48. The Hall–Kier alpha value is -1.56. The zero-order chi connectivity index (χ0) is 14.3. The van der Waals surface area contributed by atoms with E-state index in [0.29, 0.717) is 13.0 Å². The van der Waals surface area contributed by atoms with Crippen molar-refractivity contribution in [3.8, 4) is 5.75 Å². The summed E-state index contributed by atoms with van der Waals surface area (Å²) < 4.78 is 8.98. The van der Waals surface area contributed by atoms with E-state index in [1.165, 1.54) is 0 Å². The van der Waals surface area contributed by atoms with Crippen LogP contribution in [0.15, 0.2) is 22.9 Å². The van der Waals surface area contributed by atoms with Crippen LogP contribution in [-0.2, 0) is 11.8 Å². The molecule has 2 atom stereocenters. The Labute approximate surface area is 125 Å². The maximum Gasteiger partial charge on any atom is 0.220 e. The van der Waals surface area contributed by atoms with Gasteiger partial charge in [0, 0.05) is 30.4 Å². The Morgan fingerprint density at radius 2 is 2.35 bits per heavy atom. The Balaban J connectivity index is 1.90. The Bertz CT molecular complexity index is 668. The fourth-order valence-electron chi connectivity index (χ4n) is 2.57. The van der Waals surface area contributed by atoms with Gasteiger partial charge in [-0.25, -0.2) is 4.98 Å². The van der Waals surface area contributed by atoms with Crippen molar-refractivity contribution in [2.45, 2.75) is 19.4 Å². The highest BCUT2D eigenvalue weighted by atomic mass is 79.9. The second-order valence-electron chi connectivity index (χ2n) is 5.22. The van der Waals surface area contributed by atoms with E-state index < -0.39 is 0 Å². The molecule has 1 amide bonds. The smallest absolute Gasteiger partial charge is 0.220 e. The van der Waals surface area contributed by atoms with Crippen LogP contribution in [0.5, 0.6) is 5.75 Å². The maximum absolute atomic E-state index is 11.3. The zero-order valence-electron chi connectivity index (χ0n) is 11.4.